The van der Waals surface area contributed by atoms with Crippen LogP contribution in [-0.4, -0.2) is 113 Å². The van der Waals surface area contributed by atoms with Gasteiger partial charge < -0.3 is 44.9 Å². The molecule has 286 valence electrons. The van der Waals surface area contributed by atoms with Gasteiger partial charge in [0.15, 0.2) is 6.29 Å². The number of phenolic OH excluding ortho intramolecular Hbond substituents is 2. The van der Waals surface area contributed by atoms with Crippen LogP contribution in [0.2, 0.25) is 0 Å². The summed E-state index contributed by atoms with van der Waals surface area (Å²) in [6.07, 6.45) is 6.75. The third-order valence-electron chi connectivity index (χ3n) is 9.75. The number of phenols is 2. The molecular weight excluding hydrogens is 656 g/mol. The first-order chi connectivity index (χ1) is 25.1. The average molecular weight is 719 g/mol. The number of hydrogen-bond donors (Lipinski definition) is 4. The van der Waals surface area contributed by atoms with Gasteiger partial charge in [-0.15, -0.1) is 0 Å². The van der Waals surface area contributed by atoms with E-state index in [1.807, 2.05) is 24.3 Å². The second kappa shape index (κ2) is 22.9. The monoisotopic (exact) mass is 718 g/mol. The van der Waals surface area contributed by atoms with E-state index in [-0.39, 0.29) is 17.8 Å². The minimum atomic E-state index is -0.160. The maximum absolute atomic E-state index is 10.7. The Kier molecular flexibility index (Phi) is 18.7. The number of carbonyl (C=O) groups excluding carboxylic acids is 2. The zero-order valence-electron chi connectivity index (χ0n) is 32.0. The van der Waals surface area contributed by atoms with Crippen LogP contribution in [-0.2, 0) is 32.6 Å². The van der Waals surface area contributed by atoms with E-state index in [1.54, 1.807) is 13.1 Å². The number of nitrogens with one attached hydrogen (secondary N) is 2. The molecule has 10 heteroatoms. The van der Waals surface area contributed by atoms with E-state index >= 15 is 0 Å². The third kappa shape index (κ3) is 13.2. The molecule has 0 radical (unpaired) electrons. The average Bonchev–Trinajstić information content (AvgIpc) is 3.15. The van der Waals surface area contributed by atoms with Crippen LogP contribution in [0.3, 0.4) is 0 Å². The molecule has 1 fully saturated rings. The Bertz CT molecular complexity index is 1480. The largest absolute Gasteiger partial charge is 0.508 e. The first-order valence-corrected chi connectivity index (χ1v) is 18.7. The Morgan fingerprint density at radius 3 is 2.33 bits per heavy atom. The first kappa shape index (κ1) is 42.5. The van der Waals surface area contributed by atoms with Gasteiger partial charge in [-0.2, -0.15) is 0 Å². The summed E-state index contributed by atoms with van der Waals surface area (Å²) in [5.74, 6) is 1.77. The zero-order valence-corrected chi connectivity index (χ0v) is 32.0. The standard InChI is InChI=1S/C23H29NO3.C19H33N3O3/c1-24-13-11-23(12-14-24,20-6-3-2-4-7-20)21-18-19(8-9-22(21)26)10-17-27-16-5-15-25;1-15(2)8-11-22(4)12-10-21-9-7-16-5-6-17(24)18(20-3)19(16)25-14-13-23/h2-4,6-9,15,18,26H,5,10-14,16-17H2,1H3;5-6,13,15,20-21,24H,7-12,14H2,1-4H3. The molecule has 1 aliphatic heterocycles. The van der Waals surface area contributed by atoms with Gasteiger partial charge >= 0.3 is 0 Å². The van der Waals surface area contributed by atoms with Gasteiger partial charge in [0, 0.05) is 37.5 Å². The number of aromatic hydroxyl groups is 2. The maximum Gasteiger partial charge on any atom is 0.157 e. The summed E-state index contributed by atoms with van der Waals surface area (Å²) in [5, 5.41) is 27.0. The van der Waals surface area contributed by atoms with Crippen molar-refractivity contribution in [2.75, 3.05) is 85.5 Å². The smallest absolute Gasteiger partial charge is 0.157 e. The number of likely N-dealkylation sites (tertiary alicyclic amines) is 1. The highest BCUT2D eigenvalue weighted by molar-refractivity contribution is 5.69. The molecule has 4 N–H and O–H groups in total. The van der Waals surface area contributed by atoms with Crippen molar-refractivity contribution >= 4 is 18.3 Å². The molecule has 10 nitrogen and oxygen atoms in total. The van der Waals surface area contributed by atoms with E-state index in [9.17, 15) is 19.8 Å². The van der Waals surface area contributed by atoms with Crippen molar-refractivity contribution in [2.45, 2.75) is 57.8 Å². The normalized spacial score (nSPS) is 14.1. The van der Waals surface area contributed by atoms with Gasteiger partial charge in [0.25, 0.3) is 0 Å². The summed E-state index contributed by atoms with van der Waals surface area (Å²) in [5.41, 5.74) is 4.77. The highest BCUT2D eigenvalue weighted by Crippen LogP contribution is 2.45. The molecule has 0 atom stereocenters. The number of piperidine rings is 1. The fourth-order valence-electron chi connectivity index (χ4n) is 6.56. The molecule has 0 unspecified atom stereocenters. The molecule has 0 saturated carbocycles. The molecule has 4 rings (SSSR count). The molecule has 3 aromatic carbocycles. The van der Waals surface area contributed by atoms with E-state index < -0.39 is 0 Å². The minimum absolute atomic E-state index is 0.0286. The Morgan fingerprint density at radius 1 is 0.923 bits per heavy atom. The number of ether oxygens (including phenoxy) is 2. The van der Waals surface area contributed by atoms with Crippen LogP contribution in [0.1, 0.15) is 61.8 Å². The summed E-state index contributed by atoms with van der Waals surface area (Å²) in [6, 6.07) is 20.0. The summed E-state index contributed by atoms with van der Waals surface area (Å²) in [4.78, 5) is 25.7. The second-order valence-corrected chi connectivity index (χ2v) is 14.1. The van der Waals surface area contributed by atoms with Crippen molar-refractivity contribution in [3.05, 3.63) is 82.9 Å². The van der Waals surface area contributed by atoms with Crippen LogP contribution in [0.4, 0.5) is 5.69 Å². The number of carbonyl (C=O) groups is 2. The lowest BCUT2D eigenvalue weighted by molar-refractivity contribution is -0.110. The lowest BCUT2D eigenvalue weighted by atomic mass is 9.67. The van der Waals surface area contributed by atoms with Gasteiger partial charge in [-0.1, -0.05) is 62.4 Å². The molecule has 0 aliphatic carbocycles. The van der Waals surface area contributed by atoms with E-state index in [1.165, 1.54) is 12.0 Å². The minimum Gasteiger partial charge on any atom is -0.508 e. The van der Waals surface area contributed by atoms with Gasteiger partial charge in [-0.3, -0.25) is 4.79 Å². The van der Waals surface area contributed by atoms with Crippen molar-refractivity contribution in [3.8, 4) is 17.2 Å². The van der Waals surface area contributed by atoms with Gasteiger partial charge in [0.1, 0.15) is 35.8 Å². The molecule has 0 bridgehead atoms. The fourth-order valence-corrected chi connectivity index (χ4v) is 6.56. The lowest BCUT2D eigenvalue weighted by Gasteiger charge is -2.42. The van der Waals surface area contributed by atoms with E-state index in [0.717, 1.165) is 93.8 Å². The molecule has 1 aliphatic rings. The molecule has 52 heavy (non-hydrogen) atoms. The fraction of sp³-hybridized carbons (Fsp3) is 0.524. The number of nitrogens with zero attached hydrogens (tertiary/aromatic N) is 2. The molecule has 1 heterocycles. The predicted molar refractivity (Wildman–Crippen MR) is 210 cm³/mol. The van der Waals surface area contributed by atoms with Gasteiger partial charge in [-0.25, -0.2) is 0 Å². The SMILES string of the molecule is CN1CCC(c2ccccc2)(c2cc(CCOCCC=O)ccc2O)CC1.CNc1c(O)ccc(CCNCCN(C)CCC(C)C)c1OCC=O. The Balaban J connectivity index is 0.000000282. The van der Waals surface area contributed by atoms with Crippen molar-refractivity contribution in [1.29, 1.82) is 0 Å². The third-order valence-corrected chi connectivity index (χ3v) is 9.75. The van der Waals surface area contributed by atoms with Gasteiger partial charge in [0.2, 0.25) is 0 Å². The highest BCUT2D eigenvalue weighted by Gasteiger charge is 2.39. The van der Waals surface area contributed by atoms with Crippen LogP contribution < -0.4 is 15.4 Å². The van der Waals surface area contributed by atoms with E-state index in [4.69, 9.17) is 9.47 Å². The predicted octanol–water partition coefficient (Wildman–Crippen LogP) is 5.67. The summed E-state index contributed by atoms with van der Waals surface area (Å²) < 4.78 is 11.0. The Morgan fingerprint density at radius 2 is 1.65 bits per heavy atom. The summed E-state index contributed by atoms with van der Waals surface area (Å²) in [7, 11) is 6.02. The van der Waals surface area contributed by atoms with Crippen LogP contribution >= 0.6 is 0 Å². The van der Waals surface area contributed by atoms with E-state index in [2.05, 4.69) is 78.7 Å². The Hall–Kier alpha value is -3.96. The van der Waals surface area contributed by atoms with Crippen molar-refractivity contribution < 1.29 is 29.3 Å². The molecule has 0 spiro atoms. The van der Waals surface area contributed by atoms with Crippen LogP contribution in [0.15, 0.2) is 60.7 Å². The van der Waals surface area contributed by atoms with Gasteiger partial charge in [-0.05, 0) is 107 Å². The molecule has 1 saturated heterocycles. The number of anilines is 1. The second-order valence-electron chi connectivity index (χ2n) is 14.1. The Labute approximate surface area is 311 Å². The molecule has 0 aromatic heterocycles. The highest BCUT2D eigenvalue weighted by atomic mass is 16.5. The van der Waals surface area contributed by atoms with Crippen LogP contribution in [0, 0.1) is 5.92 Å². The summed E-state index contributed by atoms with van der Waals surface area (Å²) in [6.45, 7) is 11.4. The van der Waals surface area contributed by atoms with Crippen LogP contribution in [0.5, 0.6) is 17.2 Å². The number of aldehydes is 2. The van der Waals surface area contributed by atoms with Gasteiger partial charge in [0.05, 0.1) is 13.2 Å². The number of benzene rings is 3. The molecule has 0 amide bonds. The molecule has 3 aromatic rings. The molecular formula is C42H62N4O6. The number of likely N-dealkylation sites (N-methyl/N-ethyl adjacent to an activating group) is 1. The summed E-state index contributed by atoms with van der Waals surface area (Å²) >= 11 is 0. The number of hydrogen-bond acceptors (Lipinski definition) is 10. The van der Waals surface area contributed by atoms with Crippen LogP contribution in [0.25, 0.3) is 0 Å². The van der Waals surface area contributed by atoms with Crippen molar-refractivity contribution in [3.63, 3.8) is 0 Å². The van der Waals surface area contributed by atoms with Crippen molar-refractivity contribution in [2.24, 2.45) is 5.92 Å². The quantitative estimate of drug-likeness (QED) is 0.0623. The van der Waals surface area contributed by atoms with E-state index in [0.29, 0.717) is 43.1 Å². The first-order valence-electron chi connectivity index (χ1n) is 18.7. The number of rotatable bonds is 21. The topological polar surface area (TPSA) is 124 Å². The zero-order chi connectivity index (χ0) is 37.8. The van der Waals surface area contributed by atoms with Crippen molar-refractivity contribution in [1.82, 2.24) is 15.1 Å². The maximum atomic E-state index is 10.7. The lowest BCUT2D eigenvalue weighted by Crippen LogP contribution is -2.41.